The van der Waals surface area contributed by atoms with Gasteiger partial charge in [0.1, 0.15) is 12.3 Å². The largest absolute Gasteiger partial charge is 0.467 e. The highest BCUT2D eigenvalue weighted by atomic mass is 16.7. The lowest BCUT2D eigenvalue weighted by molar-refractivity contribution is -0.133. The van der Waals surface area contributed by atoms with Gasteiger partial charge in [0.15, 0.2) is 11.5 Å². The minimum Gasteiger partial charge on any atom is -0.467 e. The molecule has 3 heterocycles. The number of morpholine rings is 1. The zero-order chi connectivity index (χ0) is 27.9. The Labute approximate surface area is 234 Å². The van der Waals surface area contributed by atoms with E-state index in [9.17, 15) is 9.59 Å². The molecule has 0 aliphatic carbocycles. The summed E-state index contributed by atoms with van der Waals surface area (Å²) in [4.78, 5) is 32.8. The van der Waals surface area contributed by atoms with Gasteiger partial charge >= 0.3 is 6.03 Å². The predicted molar refractivity (Wildman–Crippen MR) is 149 cm³/mol. The summed E-state index contributed by atoms with van der Waals surface area (Å²) in [5, 5.41) is 2.99. The fourth-order valence-corrected chi connectivity index (χ4v) is 4.71. The Kier molecular flexibility index (Phi) is 8.87. The average Bonchev–Trinajstić information content (AvgIpc) is 3.65. The van der Waals surface area contributed by atoms with Crippen LogP contribution in [0.3, 0.4) is 0 Å². The standard InChI is InChI=1S/C30H36N4O6/c1-22-5-7-25(16-23(22)2)31-30(36)33(10-9-32-11-14-37-15-12-32)20-29(35)34(19-26-4-3-13-38-26)18-24-6-8-27-28(17-24)40-21-39-27/h3-8,13,16-17H,9-12,14-15,18-21H2,1-2H3,(H,31,36). The van der Waals surface area contributed by atoms with Crippen molar-refractivity contribution in [3.63, 3.8) is 0 Å². The number of benzene rings is 2. The normalized spacial score (nSPS) is 14.7. The molecule has 0 unspecified atom stereocenters. The molecule has 2 aliphatic heterocycles. The smallest absolute Gasteiger partial charge is 0.322 e. The van der Waals surface area contributed by atoms with E-state index in [4.69, 9.17) is 18.6 Å². The summed E-state index contributed by atoms with van der Waals surface area (Å²) < 4.78 is 22.0. The van der Waals surface area contributed by atoms with Crippen LogP contribution in [-0.2, 0) is 22.6 Å². The number of nitrogens with one attached hydrogen (secondary N) is 1. The lowest BCUT2D eigenvalue weighted by atomic mass is 10.1. The number of rotatable bonds is 10. The predicted octanol–water partition coefficient (Wildman–Crippen LogP) is 4.02. The van der Waals surface area contributed by atoms with Gasteiger partial charge in [-0.25, -0.2) is 4.79 Å². The summed E-state index contributed by atoms with van der Waals surface area (Å²) >= 11 is 0. The third-order valence-corrected chi connectivity index (χ3v) is 7.25. The minimum absolute atomic E-state index is 0.0771. The van der Waals surface area contributed by atoms with Gasteiger partial charge in [0.05, 0.1) is 26.0 Å². The Morgan fingerprint density at radius 3 is 2.52 bits per heavy atom. The van der Waals surface area contributed by atoms with Gasteiger partial charge in [-0.2, -0.15) is 0 Å². The number of anilines is 1. The molecule has 2 aromatic carbocycles. The molecule has 2 aliphatic rings. The lowest BCUT2D eigenvalue weighted by Crippen LogP contribution is -2.48. The summed E-state index contributed by atoms with van der Waals surface area (Å²) in [7, 11) is 0. The van der Waals surface area contributed by atoms with E-state index < -0.39 is 0 Å². The number of carbonyl (C=O) groups excluding carboxylic acids is 2. The van der Waals surface area contributed by atoms with E-state index in [1.54, 1.807) is 22.1 Å². The number of aryl methyl sites for hydroxylation is 2. The van der Waals surface area contributed by atoms with Crippen molar-refractivity contribution >= 4 is 17.6 Å². The van der Waals surface area contributed by atoms with Crippen molar-refractivity contribution in [2.75, 3.05) is 58.0 Å². The highest BCUT2D eigenvalue weighted by Crippen LogP contribution is 2.33. The van der Waals surface area contributed by atoms with Crippen molar-refractivity contribution in [1.82, 2.24) is 14.7 Å². The van der Waals surface area contributed by atoms with Gasteiger partial charge in [0, 0.05) is 38.4 Å². The van der Waals surface area contributed by atoms with Crippen LogP contribution in [0, 0.1) is 13.8 Å². The van der Waals surface area contributed by atoms with Gasteiger partial charge in [-0.05, 0) is 66.9 Å². The third-order valence-electron chi connectivity index (χ3n) is 7.25. The average molecular weight is 549 g/mol. The van der Waals surface area contributed by atoms with Gasteiger partial charge in [-0.3, -0.25) is 9.69 Å². The SMILES string of the molecule is Cc1ccc(NC(=O)N(CCN2CCOCC2)CC(=O)N(Cc2ccc3c(c2)OCO3)Cc2ccco2)cc1C. The van der Waals surface area contributed by atoms with Crippen LogP contribution in [0.4, 0.5) is 10.5 Å². The van der Waals surface area contributed by atoms with Gasteiger partial charge in [0.2, 0.25) is 12.7 Å². The van der Waals surface area contributed by atoms with Crippen LogP contribution in [0.25, 0.3) is 0 Å². The van der Waals surface area contributed by atoms with Crippen molar-refractivity contribution in [2.45, 2.75) is 26.9 Å². The first-order valence-electron chi connectivity index (χ1n) is 13.6. The second-order valence-corrected chi connectivity index (χ2v) is 10.1. The maximum absolute atomic E-state index is 13.8. The highest BCUT2D eigenvalue weighted by Gasteiger charge is 2.25. The van der Waals surface area contributed by atoms with Crippen LogP contribution >= 0.6 is 0 Å². The topological polar surface area (TPSA) is 96.7 Å². The Morgan fingerprint density at radius 1 is 0.925 bits per heavy atom. The monoisotopic (exact) mass is 548 g/mol. The van der Waals surface area contributed by atoms with E-state index in [1.807, 2.05) is 56.3 Å². The van der Waals surface area contributed by atoms with Crippen LogP contribution in [0.2, 0.25) is 0 Å². The van der Waals surface area contributed by atoms with Crippen molar-refractivity contribution in [2.24, 2.45) is 0 Å². The first-order valence-corrected chi connectivity index (χ1v) is 13.6. The van der Waals surface area contributed by atoms with Crippen molar-refractivity contribution < 1.29 is 28.2 Å². The van der Waals surface area contributed by atoms with E-state index in [0.29, 0.717) is 55.8 Å². The number of hydrogen-bond donors (Lipinski definition) is 1. The molecule has 1 fully saturated rings. The molecule has 0 saturated carbocycles. The first kappa shape index (κ1) is 27.5. The molecule has 3 aromatic rings. The summed E-state index contributed by atoms with van der Waals surface area (Å²) in [6, 6.07) is 14.8. The second-order valence-electron chi connectivity index (χ2n) is 10.1. The van der Waals surface area contributed by atoms with Gasteiger partial charge in [-0.1, -0.05) is 12.1 Å². The quantitative estimate of drug-likeness (QED) is 0.409. The molecular weight excluding hydrogens is 512 g/mol. The number of urea groups is 1. The Balaban J connectivity index is 1.32. The second kappa shape index (κ2) is 12.9. The fourth-order valence-electron chi connectivity index (χ4n) is 4.71. The zero-order valence-electron chi connectivity index (χ0n) is 23.1. The molecule has 212 valence electrons. The van der Waals surface area contributed by atoms with E-state index in [2.05, 4.69) is 10.2 Å². The number of ether oxygens (including phenoxy) is 3. The Bertz CT molecular complexity index is 1310. The maximum Gasteiger partial charge on any atom is 0.322 e. The number of furan rings is 1. The minimum atomic E-state index is -0.314. The maximum atomic E-state index is 13.8. The first-order chi connectivity index (χ1) is 19.4. The van der Waals surface area contributed by atoms with E-state index in [-0.39, 0.29) is 31.8 Å². The summed E-state index contributed by atoms with van der Waals surface area (Å²) in [5.74, 6) is 1.81. The molecule has 0 atom stereocenters. The van der Waals surface area contributed by atoms with Gasteiger partial charge < -0.3 is 33.7 Å². The van der Waals surface area contributed by atoms with Crippen LogP contribution in [0.1, 0.15) is 22.5 Å². The van der Waals surface area contributed by atoms with Crippen LogP contribution in [0.15, 0.2) is 59.2 Å². The van der Waals surface area contributed by atoms with Crippen molar-refractivity contribution in [3.8, 4) is 11.5 Å². The number of nitrogens with zero attached hydrogens (tertiary/aromatic N) is 3. The molecule has 5 rings (SSSR count). The van der Waals surface area contributed by atoms with Gasteiger partial charge in [0.25, 0.3) is 0 Å². The number of hydrogen-bond acceptors (Lipinski definition) is 7. The van der Waals surface area contributed by atoms with Crippen LogP contribution < -0.4 is 14.8 Å². The third kappa shape index (κ3) is 7.13. The molecule has 40 heavy (non-hydrogen) atoms. The van der Waals surface area contributed by atoms with E-state index in [1.165, 1.54) is 0 Å². The Morgan fingerprint density at radius 2 is 1.75 bits per heavy atom. The molecule has 1 saturated heterocycles. The number of fused-ring (bicyclic) bond motifs is 1. The number of carbonyl (C=O) groups is 2. The molecule has 3 amide bonds. The highest BCUT2D eigenvalue weighted by molar-refractivity contribution is 5.92. The number of amides is 3. The molecule has 0 bridgehead atoms. The van der Waals surface area contributed by atoms with E-state index in [0.717, 1.165) is 29.8 Å². The van der Waals surface area contributed by atoms with Crippen molar-refractivity contribution in [1.29, 1.82) is 0 Å². The molecule has 1 N–H and O–H groups in total. The zero-order valence-corrected chi connectivity index (χ0v) is 23.1. The molecule has 10 heteroatoms. The van der Waals surface area contributed by atoms with E-state index >= 15 is 0 Å². The summed E-state index contributed by atoms with van der Waals surface area (Å²) in [5.41, 5.74) is 3.82. The fraction of sp³-hybridized carbons (Fsp3) is 0.400. The molecular formula is C30H36N4O6. The molecule has 1 aromatic heterocycles. The molecule has 0 radical (unpaired) electrons. The van der Waals surface area contributed by atoms with Crippen LogP contribution in [-0.4, -0.2) is 79.4 Å². The Hall–Kier alpha value is -4.02. The van der Waals surface area contributed by atoms with Gasteiger partial charge in [-0.15, -0.1) is 0 Å². The summed E-state index contributed by atoms with van der Waals surface area (Å²) in [6.45, 7) is 8.73. The summed E-state index contributed by atoms with van der Waals surface area (Å²) in [6.07, 6.45) is 1.59. The van der Waals surface area contributed by atoms with Crippen molar-refractivity contribution in [3.05, 3.63) is 77.2 Å². The lowest BCUT2D eigenvalue weighted by Gasteiger charge is -2.31. The van der Waals surface area contributed by atoms with Crippen LogP contribution in [0.5, 0.6) is 11.5 Å². The molecule has 10 nitrogen and oxygen atoms in total. The molecule has 0 spiro atoms.